The number of hydrogen-bond donors (Lipinski definition) is 1. The third kappa shape index (κ3) is 4.94. The number of amides is 1. The van der Waals surface area contributed by atoms with Crippen LogP contribution in [0.1, 0.15) is 41.4 Å². The molecule has 1 unspecified atom stereocenters. The van der Waals surface area contributed by atoms with E-state index >= 15 is 0 Å². The zero-order valence-electron chi connectivity index (χ0n) is 15.8. The first-order valence-electron chi connectivity index (χ1n) is 9.27. The van der Waals surface area contributed by atoms with Crippen molar-refractivity contribution in [3.05, 3.63) is 95.8 Å². The Morgan fingerprint density at radius 1 is 1.04 bits per heavy atom. The summed E-state index contributed by atoms with van der Waals surface area (Å²) in [6.07, 6.45) is 3.43. The van der Waals surface area contributed by atoms with Crippen LogP contribution in [0, 0.1) is 0 Å². The molecule has 1 amide bonds. The number of nitrogens with zero attached hydrogens (tertiary/aromatic N) is 2. The molecule has 3 rings (SSSR count). The van der Waals surface area contributed by atoms with Gasteiger partial charge in [0.25, 0.3) is 5.91 Å². The number of carbonyl (C=O) groups is 1. The first-order chi connectivity index (χ1) is 13.2. The van der Waals surface area contributed by atoms with E-state index in [1.54, 1.807) is 6.20 Å². The molecule has 1 heterocycles. The molecule has 1 atom stereocenters. The molecule has 1 N–H and O–H groups in total. The number of aromatic nitrogens is 1. The van der Waals surface area contributed by atoms with Crippen LogP contribution in [-0.4, -0.2) is 17.4 Å². The molecule has 0 spiro atoms. The molecule has 0 bridgehead atoms. The first-order valence-corrected chi connectivity index (χ1v) is 9.27. The van der Waals surface area contributed by atoms with Gasteiger partial charge in [-0.15, -0.1) is 0 Å². The Labute approximate surface area is 160 Å². The van der Waals surface area contributed by atoms with Gasteiger partial charge in [-0.3, -0.25) is 9.78 Å². The van der Waals surface area contributed by atoms with E-state index in [-0.39, 0.29) is 11.9 Å². The van der Waals surface area contributed by atoms with Gasteiger partial charge in [0.15, 0.2) is 0 Å². The lowest BCUT2D eigenvalue weighted by Crippen LogP contribution is -2.27. The first kappa shape index (κ1) is 18.6. The molecule has 1 aromatic heterocycles. The van der Waals surface area contributed by atoms with Gasteiger partial charge in [-0.2, -0.15) is 0 Å². The number of nitrogens with one attached hydrogen (secondary N) is 1. The molecule has 0 saturated carbocycles. The molecule has 0 aliphatic carbocycles. The predicted octanol–water partition coefficient (Wildman–Crippen LogP) is 4.60. The van der Waals surface area contributed by atoms with E-state index in [4.69, 9.17) is 0 Å². The van der Waals surface area contributed by atoms with Gasteiger partial charge in [0.2, 0.25) is 0 Å². The lowest BCUT2D eigenvalue weighted by molar-refractivity contribution is 0.0939. The van der Waals surface area contributed by atoms with Gasteiger partial charge in [-0.25, -0.2) is 0 Å². The van der Waals surface area contributed by atoms with Crippen molar-refractivity contribution in [2.45, 2.75) is 26.4 Å². The van der Waals surface area contributed by atoms with Crippen molar-refractivity contribution in [1.29, 1.82) is 0 Å². The molecule has 0 radical (unpaired) electrons. The van der Waals surface area contributed by atoms with E-state index in [2.05, 4.69) is 34.3 Å². The maximum Gasteiger partial charge on any atom is 0.253 e. The van der Waals surface area contributed by atoms with Gasteiger partial charge in [0.1, 0.15) is 0 Å². The SMILES string of the molecule is CCN(Cc1ccccc1)c1cncc(C(=O)NC(C)c2ccccc2)c1. The van der Waals surface area contributed by atoms with Crippen LogP contribution < -0.4 is 10.2 Å². The number of carbonyl (C=O) groups excluding carboxylic acids is 1. The van der Waals surface area contributed by atoms with Crippen molar-refractivity contribution in [3.63, 3.8) is 0 Å². The summed E-state index contributed by atoms with van der Waals surface area (Å²) in [7, 11) is 0. The lowest BCUT2D eigenvalue weighted by Gasteiger charge is -2.23. The molecule has 4 nitrogen and oxygen atoms in total. The molecule has 0 aliphatic rings. The van der Waals surface area contributed by atoms with Gasteiger partial charge >= 0.3 is 0 Å². The predicted molar refractivity (Wildman–Crippen MR) is 110 cm³/mol. The van der Waals surface area contributed by atoms with E-state index in [1.165, 1.54) is 5.56 Å². The fourth-order valence-electron chi connectivity index (χ4n) is 3.02. The highest BCUT2D eigenvalue weighted by atomic mass is 16.1. The van der Waals surface area contributed by atoms with E-state index < -0.39 is 0 Å². The molecular weight excluding hydrogens is 334 g/mol. The Balaban J connectivity index is 1.73. The summed E-state index contributed by atoms with van der Waals surface area (Å²) >= 11 is 0. The van der Waals surface area contributed by atoms with Crippen LogP contribution in [0.2, 0.25) is 0 Å². The number of rotatable bonds is 7. The number of pyridine rings is 1. The van der Waals surface area contributed by atoms with E-state index in [0.717, 1.165) is 24.3 Å². The monoisotopic (exact) mass is 359 g/mol. The number of anilines is 1. The van der Waals surface area contributed by atoms with E-state index in [9.17, 15) is 4.79 Å². The molecule has 0 fully saturated rings. The molecule has 27 heavy (non-hydrogen) atoms. The van der Waals surface area contributed by atoms with E-state index in [0.29, 0.717) is 5.56 Å². The summed E-state index contributed by atoms with van der Waals surface area (Å²) in [6, 6.07) is 22.1. The van der Waals surface area contributed by atoms with Gasteiger partial charge in [-0.05, 0) is 31.0 Å². The molecule has 3 aromatic rings. The van der Waals surface area contributed by atoms with Crippen molar-refractivity contribution < 1.29 is 4.79 Å². The average Bonchev–Trinajstić information content (AvgIpc) is 2.73. The molecule has 0 aliphatic heterocycles. The highest BCUT2D eigenvalue weighted by Crippen LogP contribution is 2.18. The van der Waals surface area contributed by atoms with Crippen LogP contribution in [0.15, 0.2) is 79.1 Å². The van der Waals surface area contributed by atoms with Gasteiger partial charge in [-0.1, -0.05) is 60.7 Å². The zero-order valence-corrected chi connectivity index (χ0v) is 15.8. The van der Waals surface area contributed by atoms with Crippen molar-refractivity contribution in [2.75, 3.05) is 11.4 Å². The summed E-state index contributed by atoms with van der Waals surface area (Å²) in [5.74, 6) is -0.114. The van der Waals surface area contributed by atoms with Gasteiger partial charge in [0.05, 0.1) is 23.5 Å². The standard InChI is InChI=1S/C23H25N3O/c1-3-26(17-19-10-6-4-7-11-19)22-14-21(15-24-16-22)23(27)25-18(2)20-12-8-5-9-13-20/h4-16,18H,3,17H2,1-2H3,(H,25,27). The molecule has 2 aromatic carbocycles. The van der Waals surface area contributed by atoms with Crippen LogP contribution in [0.3, 0.4) is 0 Å². The minimum atomic E-state index is -0.114. The molecule has 138 valence electrons. The van der Waals surface area contributed by atoms with Crippen molar-refractivity contribution >= 4 is 11.6 Å². The minimum absolute atomic E-state index is 0.0612. The number of hydrogen-bond acceptors (Lipinski definition) is 3. The van der Waals surface area contributed by atoms with Crippen LogP contribution in [0.5, 0.6) is 0 Å². The molecular formula is C23H25N3O. The molecule has 4 heteroatoms. The molecule has 0 saturated heterocycles. The quantitative estimate of drug-likeness (QED) is 0.670. The second-order valence-electron chi connectivity index (χ2n) is 6.54. The minimum Gasteiger partial charge on any atom is -0.366 e. The Hall–Kier alpha value is -3.14. The average molecular weight is 359 g/mol. The third-order valence-corrected chi connectivity index (χ3v) is 4.60. The summed E-state index contributed by atoms with van der Waals surface area (Å²) in [6.45, 7) is 5.71. The highest BCUT2D eigenvalue weighted by molar-refractivity contribution is 5.95. The summed E-state index contributed by atoms with van der Waals surface area (Å²) in [5.41, 5.74) is 3.82. The topological polar surface area (TPSA) is 45.2 Å². The Morgan fingerprint density at radius 3 is 2.37 bits per heavy atom. The third-order valence-electron chi connectivity index (χ3n) is 4.60. The van der Waals surface area contributed by atoms with E-state index in [1.807, 2.05) is 67.7 Å². The lowest BCUT2D eigenvalue weighted by atomic mass is 10.1. The van der Waals surface area contributed by atoms with Crippen molar-refractivity contribution in [1.82, 2.24) is 10.3 Å². The smallest absolute Gasteiger partial charge is 0.253 e. The maximum atomic E-state index is 12.7. The number of benzene rings is 2. The second-order valence-corrected chi connectivity index (χ2v) is 6.54. The van der Waals surface area contributed by atoms with Crippen LogP contribution in [0.25, 0.3) is 0 Å². The summed E-state index contributed by atoms with van der Waals surface area (Å²) in [5, 5.41) is 3.05. The fraction of sp³-hybridized carbons (Fsp3) is 0.217. The Bertz CT molecular complexity index is 865. The fourth-order valence-corrected chi connectivity index (χ4v) is 3.02. The largest absolute Gasteiger partial charge is 0.366 e. The van der Waals surface area contributed by atoms with Crippen LogP contribution in [0.4, 0.5) is 5.69 Å². The zero-order chi connectivity index (χ0) is 19.1. The summed E-state index contributed by atoms with van der Waals surface area (Å²) < 4.78 is 0. The second kappa shape index (κ2) is 8.99. The van der Waals surface area contributed by atoms with Crippen molar-refractivity contribution in [2.24, 2.45) is 0 Å². The van der Waals surface area contributed by atoms with Crippen LogP contribution >= 0.6 is 0 Å². The van der Waals surface area contributed by atoms with Crippen LogP contribution in [-0.2, 0) is 6.54 Å². The highest BCUT2D eigenvalue weighted by Gasteiger charge is 2.14. The van der Waals surface area contributed by atoms with Crippen molar-refractivity contribution in [3.8, 4) is 0 Å². The Kier molecular flexibility index (Phi) is 6.21. The normalized spacial score (nSPS) is 11.6. The maximum absolute atomic E-state index is 12.7. The van der Waals surface area contributed by atoms with Gasteiger partial charge < -0.3 is 10.2 Å². The van der Waals surface area contributed by atoms with Gasteiger partial charge in [0, 0.05) is 19.3 Å². The summed E-state index contributed by atoms with van der Waals surface area (Å²) in [4.78, 5) is 19.2. The Morgan fingerprint density at radius 2 is 1.70 bits per heavy atom.